The van der Waals surface area contributed by atoms with Gasteiger partial charge in [-0.15, -0.1) is 0 Å². The van der Waals surface area contributed by atoms with E-state index in [1.54, 1.807) is 17.1 Å². The van der Waals surface area contributed by atoms with Gasteiger partial charge in [0, 0.05) is 48.2 Å². The fourth-order valence-corrected chi connectivity index (χ4v) is 3.98. The number of ether oxygens (including phenoxy) is 1. The van der Waals surface area contributed by atoms with E-state index in [4.69, 9.17) is 9.72 Å². The van der Waals surface area contributed by atoms with E-state index < -0.39 is 0 Å². The van der Waals surface area contributed by atoms with E-state index in [1.807, 2.05) is 44.6 Å². The predicted octanol–water partition coefficient (Wildman–Crippen LogP) is 4.32. The summed E-state index contributed by atoms with van der Waals surface area (Å²) >= 11 is 0. The van der Waals surface area contributed by atoms with Gasteiger partial charge in [-0.25, -0.2) is 0 Å². The molecule has 1 N–H and O–H groups in total. The summed E-state index contributed by atoms with van der Waals surface area (Å²) in [7, 11) is 1.89. The van der Waals surface area contributed by atoms with E-state index in [0.717, 1.165) is 50.3 Å². The van der Waals surface area contributed by atoms with Crippen LogP contribution in [0, 0.1) is 0 Å². The fraction of sp³-hybridized carbons (Fsp3) is 0.261. The fourth-order valence-electron chi connectivity index (χ4n) is 3.98. The smallest absolute Gasteiger partial charge is 0.140 e. The molecule has 1 aliphatic rings. The van der Waals surface area contributed by atoms with E-state index in [1.165, 1.54) is 12.8 Å². The van der Waals surface area contributed by atoms with E-state index >= 15 is 0 Å². The highest BCUT2D eigenvalue weighted by Gasteiger charge is 2.27. The van der Waals surface area contributed by atoms with Crippen molar-refractivity contribution in [1.29, 1.82) is 0 Å². The van der Waals surface area contributed by atoms with Crippen LogP contribution in [0.4, 0.5) is 0 Å². The molecule has 0 aliphatic heterocycles. The Morgan fingerprint density at radius 3 is 2.84 bits per heavy atom. The molecule has 154 valence electrons. The first-order valence-corrected chi connectivity index (χ1v) is 10.4. The average Bonchev–Trinajstić information content (AvgIpc) is 3.42. The topological polar surface area (TPSA) is 94.4 Å². The van der Waals surface area contributed by atoms with Crippen LogP contribution in [-0.4, -0.2) is 34.9 Å². The molecule has 0 bridgehead atoms. The van der Waals surface area contributed by atoms with Crippen molar-refractivity contribution in [2.24, 2.45) is 7.05 Å². The van der Waals surface area contributed by atoms with Gasteiger partial charge in [-0.2, -0.15) is 10.2 Å². The number of aromatic nitrogens is 7. The van der Waals surface area contributed by atoms with Gasteiger partial charge in [0.1, 0.15) is 28.8 Å². The number of fused-ring (bicyclic) bond motifs is 2. The van der Waals surface area contributed by atoms with Crippen LogP contribution in [0.15, 0.2) is 49.1 Å². The van der Waals surface area contributed by atoms with Crippen LogP contribution in [0.3, 0.4) is 0 Å². The molecule has 1 aliphatic carbocycles. The lowest BCUT2D eigenvalue weighted by molar-refractivity contribution is 0.223. The summed E-state index contributed by atoms with van der Waals surface area (Å²) in [6.07, 6.45) is 9.27. The Kier molecular flexibility index (Phi) is 3.99. The second-order valence-corrected chi connectivity index (χ2v) is 8.07. The van der Waals surface area contributed by atoms with Crippen LogP contribution < -0.4 is 4.74 Å². The molecule has 0 saturated heterocycles. The first kappa shape index (κ1) is 18.0. The summed E-state index contributed by atoms with van der Waals surface area (Å²) in [5.74, 6) is 1.28. The van der Waals surface area contributed by atoms with Gasteiger partial charge >= 0.3 is 0 Å². The van der Waals surface area contributed by atoms with Crippen LogP contribution in [-0.2, 0) is 7.05 Å². The number of H-pyrrole nitrogens is 1. The summed E-state index contributed by atoms with van der Waals surface area (Å²) in [4.78, 5) is 14.0. The number of nitrogens with one attached hydrogen (secondary N) is 1. The third-order valence-corrected chi connectivity index (χ3v) is 5.71. The van der Waals surface area contributed by atoms with E-state index in [9.17, 15) is 0 Å². The molecule has 8 nitrogen and oxygen atoms in total. The van der Waals surface area contributed by atoms with Crippen molar-refractivity contribution in [3.05, 3.63) is 60.4 Å². The Labute approximate surface area is 178 Å². The molecular formula is C23H21N7O. The molecule has 5 aromatic rings. The zero-order valence-corrected chi connectivity index (χ0v) is 17.3. The molecule has 6 rings (SSSR count). The summed E-state index contributed by atoms with van der Waals surface area (Å²) in [6.45, 7) is 2.01. The third-order valence-electron chi connectivity index (χ3n) is 5.71. The van der Waals surface area contributed by atoms with Gasteiger partial charge in [0.2, 0.25) is 0 Å². The molecule has 1 fully saturated rings. The third kappa shape index (κ3) is 3.20. The summed E-state index contributed by atoms with van der Waals surface area (Å²) < 4.78 is 8.11. The number of aryl methyl sites for hydroxylation is 1. The van der Waals surface area contributed by atoms with Crippen molar-refractivity contribution in [2.45, 2.75) is 31.8 Å². The van der Waals surface area contributed by atoms with Crippen LogP contribution >= 0.6 is 0 Å². The van der Waals surface area contributed by atoms with Gasteiger partial charge < -0.3 is 4.74 Å². The summed E-state index contributed by atoms with van der Waals surface area (Å²) in [6, 6.07) is 8.00. The van der Waals surface area contributed by atoms with Gasteiger partial charge in [0.15, 0.2) is 0 Å². The number of hydrogen-bond acceptors (Lipinski definition) is 6. The number of aromatic amines is 1. The summed E-state index contributed by atoms with van der Waals surface area (Å²) in [5.41, 5.74) is 6.33. The molecule has 1 atom stereocenters. The zero-order valence-electron chi connectivity index (χ0n) is 17.3. The number of rotatable bonds is 5. The Hall–Kier alpha value is -3.81. The molecule has 0 radical (unpaired) electrons. The zero-order chi connectivity index (χ0) is 20.9. The highest BCUT2D eigenvalue weighted by molar-refractivity contribution is 5.93. The first-order chi connectivity index (χ1) is 15.2. The highest BCUT2D eigenvalue weighted by atomic mass is 16.5. The molecule has 1 aromatic carbocycles. The maximum Gasteiger partial charge on any atom is 0.140 e. The number of benzene rings is 1. The molecule has 1 saturated carbocycles. The standard InChI is InChI=1S/C23H21N7O/c1-13(21-23-20(24-7-8-25-23)10-19(27-21)14-3-4-14)31-16-5-6-18-17(9-16)22(29-28-18)15-11-26-30(2)12-15/h5-14H,3-4H2,1-2H3,(H,28,29). The minimum atomic E-state index is -0.274. The Morgan fingerprint density at radius 1 is 1.16 bits per heavy atom. The second-order valence-electron chi connectivity index (χ2n) is 8.07. The van der Waals surface area contributed by atoms with E-state index in [-0.39, 0.29) is 6.10 Å². The van der Waals surface area contributed by atoms with Crippen molar-refractivity contribution >= 4 is 21.9 Å². The molecular weight excluding hydrogens is 390 g/mol. The maximum absolute atomic E-state index is 6.34. The van der Waals surface area contributed by atoms with Crippen LogP contribution in [0.25, 0.3) is 33.2 Å². The normalized spacial score (nSPS) is 14.9. The number of nitrogens with zero attached hydrogens (tertiary/aromatic N) is 6. The van der Waals surface area contributed by atoms with Gasteiger partial charge in [-0.05, 0) is 44.0 Å². The van der Waals surface area contributed by atoms with Crippen molar-refractivity contribution in [3.63, 3.8) is 0 Å². The van der Waals surface area contributed by atoms with Crippen molar-refractivity contribution in [3.8, 4) is 17.0 Å². The molecule has 31 heavy (non-hydrogen) atoms. The molecule has 4 heterocycles. The summed E-state index contributed by atoms with van der Waals surface area (Å²) in [5, 5.41) is 12.8. The van der Waals surface area contributed by atoms with E-state index in [0.29, 0.717) is 5.92 Å². The maximum atomic E-state index is 6.34. The van der Waals surface area contributed by atoms with Gasteiger partial charge in [0.25, 0.3) is 0 Å². The second kappa shape index (κ2) is 6.87. The minimum absolute atomic E-state index is 0.274. The van der Waals surface area contributed by atoms with Gasteiger partial charge in [0.05, 0.1) is 17.2 Å². The van der Waals surface area contributed by atoms with Crippen molar-refractivity contribution in [1.82, 2.24) is 34.9 Å². The SMILES string of the molecule is CC(Oc1ccc2[nH]nc(-c3cnn(C)c3)c2c1)c1nc(C2CC2)cc2nccnc12. The number of hydrogen-bond donors (Lipinski definition) is 1. The lowest BCUT2D eigenvalue weighted by Crippen LogP contribution is -2.09. The highest BCUT2D eigenvalue weighted by Crippen LogP contribution is 2.40. The first-order valence-electron chi connectivity index (χ1n) is 10.4. The quantitative estimate of drug-likeness (QED) is 0.463. The minimum Gasteiger partial charge on any atom is -0.484 e. The Balaban J connectivity index is 1.37. The molecule has 8 heteroatoms. The van der Waals surface area contributed by atoms with Crippen molar-refractivity contribution in [2.75, 3.05) is 0 Å². The van der Waals surface area contributed by atoms with Gasteiger partial charge in [-0.3, -0.25) is 24.7 Å². The van der Waals surface area contributed by atoms with E-state index in [2.05, 4.69) is 31.3 Å². The van der Waals surface area contributed by atoms with Crippen molar-refractivity contribution < 1.29 is 4.74 Å². The van der Waals surface area contributed by atoms with Crippen LogP contribution in [0.2, 0.25) is 0 Å². The Bertz CT molecular complexity index is 1420. The monoisotopic (exact) mass is 411 g/mol. The molecule has 0 amide bonds. The van der Waals surface area contributed by atoms with Crippen LogP contribution in [0.5, 0.6) is 5.75 Å². The lowest BCUT2D eigenvalue weighted by Gasteiger charge is -2.17. The molecule has 4 aromatic heterocycles. The van der Waals surface area contributed by atoms with Gasteiger partial charge in [-0.1, -0.05) is 0 Å². The number of pyridine rings is 1. The molecule has 1 unspecified atom stereocenters. The molecule has 0 spiro atoms. The Morgan fingerprint density at radius 2 is 2.03 bits per heavy atom. The predicted molar refractivity (Wildman–Crippen MR) is 117 cm³/mol. The van der Waals surface area contributed by atoms with Crippen LogP contribution in [0.1, 0.15) is 43.2 Å². The average molecular weight is 411 g/mol. The largest absolute Gasteiger partial charge is 0.484 e. The lowest BCUT2D eigenvalue weighted by atomic mass is 10.1.